The van der Waals surface area contributed by atoms with E-state index < -0.39 is 5.91 Å². The quantitative estimate of drug-likeness (QED) is 0.725. The molecule has 0 aliphatic rings. The minimum atomic E-state index is -0.521. The van der Waals surface area contributed by atoms with Crippen LogP contribution in [0.1, 0.15) is 53.3 Å². The van der Waals surface area contributed by atoms with E-state index in [9.17, 15) is 9.59 Å². The summed E-state index contributed by atoms with van der Waals surface area (Å²) in [7, 11) is 0. The van der Waals surface area contributed by atoms with Crippen molar-refractivity contribution in [2.75, 3.05) is 6.54 Å². The number of rotatable bonds is 7. The molecular formula is C14H20N2O2. The van der Waals surface area contributed by atoms with Gasteiger partial charge in [-0.1, -0.05) is 32.3 Å². The zero-order chi connectivity index (χ0) is 13.4. The van der Waals surface area contributed by atoms with Crippen LogP contribution in [0.3, 0.4) is 0 Å². The van der Waals surface area contributed by atoms with Crippen molar-refractivity contribution in [2.45, 2.75) is 32.6 Å². The number of hydrogen-bond acceptors (Lipinski definition) is 2. The van der Waals surface area contributed by atoms with Crippen LogP contribution in [0.4, 0.5) is 0 Å². The van der Waals surface area contributed by atoms with Gasteiger partial charge in [-0.3, -0.25) is 9.59 Å². The second-order valence-corrected chi connectivity index (χ2v) is 4.26. The summed E-state index contributed by atoms with van der Waals surface area (Å²) in [6, 6.07) is 6.45. The lowest BCUT2D eigenvalue weighted by molar-refractivity contribution is 0.0953. The molecular weight excluding hydrogens is 228 g/mol. The Hall–Kier alpha value is -1.84. The maximum atomic E-state index is 11.8. The van der Waals surface area contributed by atoms with Crippen LogP contribution in [0.15, 0.2) is 24.3 Å². The van der Waals surface area contributed by atoms with Gasteiger partial charge in [0.25, 0.3) is 5.91 Å². The standard InChI is InChI=1S/C14H20N2O2/c1-2-3-4-5-9-16-14(18)12-8-6-7-11(10-12)13(15)17/h6-8,10H,2-5,9H2,1H3,(H2,15,17)(H,16,18). The molecule has 0 bridgehead atoms. The van der Waals surface area contributed by atoms with Crippen molar-refractivity contribution in [3.63, 3.8) is 0 Å². The number of nitrogens with one attached hydrogen (secondary N) is 1. The summed E-state index contributed by atoms with van der Waals surface area (Å²) in [5.41, 5.74) is 6.00. The molecule has 4 heteroatoms. The minimum absolute atomic E-state index is 0.158. The van der Waals surface area contributed by atoms with Gasteiger partial charge in [-0.25, -0.2) is 0 Å². The molecule has 4 nitrogen and oxygen atoms in total. The van der Waals surface area contributed by atoms with Crippen LogP contribution in [-0.4, -0.2) is 18.4 Å². The molecule has 0 aliphatic heterocycles. The van der Waals surface area contributed by atoms with E-state index in [1.807, 2.05) is 0 Å². The van der Waals surface area contributed by atoms with E-state index in [0.717, 1.165) is 12.8 Å². The first-order valence-corrected chi connectivity index (χ1v) is 6.33. The third-order valence-corrected chi connectivity index (χ3v) is 2.73. The number of primary amides is 1. The lowest BCUT2D eigenvalue weighted by Crippen LogP contribution is -2.25. The highest BCUT2D eigenvalue weighted by atomic mass is 16.2. The Labute approximate surface area is 108 Å². The maximum absolute atomic E-state index is 11.8. The fourth-order valence-electron chi connectivity index (χ4n) is 1.67. The maximum Gasteiger partial charge on any atom is 0.251 e. The number of amides is 2. The van der Waals surface area contributed by atoms with Gasteiger partial charge in [-0.15, -0.1) is 0 Å². The Morgan fingerprint density at radius 2 is 1.89 bits per heavy atom. The van der Waals surface area contributed by atoms with Crippen LogP contribution in [0.5, 0.6) is 0 Å². The van der Waals surface area contributed by atoms with Crippen molar-refractivity contribution < 1.29 is 9.59 Å². The predicted octanol–water partition coefficient (Wildman–Crippen LogP) is 2.10. The average Bonchev–Trinajstić information content (AvgIpc) is 2.38. The van der Waals surface area contributed by atoms with Gasteiger partial charge in [0.1, 0.15) is 0 Å². The van der Waals surface area contributed by atoms with Crippen molar-refractivity contribution >= 4 is 11.8 Å². The Morgan fingerprint density at radius 3 is 2.56 bits per heavy atom. The third kappa shape index (κ3) is 4.57. The van der Waals surface area contributed by atoms with Crippen molar-refractivity contribution in [2.24, 2.45) is 5.73 Å². The molecule has 0 radical (unpaired) electrons. The number of nitrogens with two attached hydrogens (primary N) is 1. The van der Waals surface area contributed by atoms with Gasteiger partial charge < -0.3 is 11.1 Å². The molecule has 0 unspecified atom stereocenters. The van der Waals surface area contributed by atoms with Crippen molar-refractivity contribution in [3.05, 3.63) is 35.4 Å². The van der Waals surface area contributed by atoms with Crippen LogP contribution in [0.2, 0.25) is 0 Å². The molecule has 0 saturated heterocycles. The van der Waals surface area contributed by atoms with E-state index in [4.69, 9.17) is 5.73 Å². The summed E-state index contributed by atoms with van der Waals surface area (Å²) >= 11 is 0. The number of carbonyl (C=O) groups excluding carboxylic acids is 2. The van der Waals surface area contributed by atoms with Gasteiger partial charge in [0.05, 0.1) is 0 Å². The van der Waals surface area contributed by atoms with Crippen LogP contribution in [0.25, 0.3) is 0 Å². The molecule has 0 fully saturated rings. The highest BCUT2D eigenvalue weighted by Crippen LogP contribution is 2.05. The predicted molar refractivity (Wildman–Crippen MR) is 71.4 cm³/mol. The second-order valence-electron chi connectivity index (χ2n) is 4.26. The summed E-state index contributed by atoms with van der Waals surface area (Å²) in [5.74, 6) is -0.679. The third-order valence-electron chi connectivity index (χ3n) is 2.73. The van der Waals surface area contributed by atoms with Crippen molar-refractivity contribution in [1.29, 1.82) is 0 Å². The van der Waals surface area contributed by atoms with Gasteiger partial charge in [0, 0.05) is 17.7 Å². The van der Waals surface area contributed by atoms with E-state index in [2.05, 4.69) is 12.2 Å². The lowest BCUT2D eigenvalue weighted by atomic mass is 10.1. The van der Waals surface area contributed by atoms with Gasteiger partial charge in [0.15, 0.2) is 0 Å². The molecule has 1 rings (SSSR count). The molecule has 0 spiro atoms. The summed E-state index contributed by atoms with van der Waals surface area (Å²) < 4.78 is 0. The fourth-order valence-corrected chi connectivity index (χ4v) is 1.67. The second kappa shape index (κ2) is 7.48. The van der Waals surface area contributed by atoms with Crippen LogP contribution >= 0.6 is 0 Å². The molecule has 18 heavy (non-hydrogen) atoms. The van der Waals surface area contributed by atoms with Gasteiger partial charge >= 0.3 is 0 Å². The molecule has 0 saturated carbocycles. The minimum Gasteiger partial charge on any atom is -0.366 e. The Balaban J connectivity index is 2.46. The molecule has 2 amide bonds. The van der Waals surface area contributed by atoms with Gasteiger partial charge in [0.2, 0.25) is 5.91 Å². The molecule has 0 atom stereocenters. The van der Waals surface area contributed by atoms with Crippen LogP contribution in [0, 0.1) is 0 Å². The number of benzene rings is 1. The summed E-state index contributed by atoms with van der Waals surface area (Å²) in [6.45, 7) is 2.81. The zero-order valence-electron chi connectivity index (χ0n) is 10.7. The monoisotopic (exact) mass is 248 g/mol. The van der Waals surface area contributed by atoms with E-state index in [0.29, 0.717) is 17.7 Å². The molecule has 0 aromatic heterocycles. The fraction of sp³-hybridized carbons (Fsp3) is 0.429. The Morgan fingerprint density at radius 1 is 1.17 bits per heavy atom. The van der Waals surface area contributed by atoms with E-state index in [-0.39, 0.29) is 5.91 Å². The van der Waals surface area contributed by atoms with Gasteiger partial charge in [-0.2, -0.15) is 0 Å². The average molecular weight is 248 g/mol. The molecule has 3 N–H and O–H groups in total. The van der Waals surface area contributed by atoms with E-state index >= 15 is 0 Å². The number of unbranched alkanes of at least 4 members (excludes halogenated alkanes) is 3. The zero-order valence-corrected chi connectivity index (χ0v) is 10.7. The molecule has 98 valence electrons. The SMILES string of the molecule is CCCCCCNC(=O)c1cccc(C(N)=O)c1. The normalized spacial score (nSPS) is 10.1. The van der Waals surface area contributed by atoms with E-state index in [1.54, 1.807) is 18.2 Å². The highest BCUT2D eigenvalue weighted by molar-refractivity contribution is 5.99. The summed E-state index contributed by atoms with van der Waals surface area (Å²) in [5, 5.41) is 2.83. The smallest absolute Gasteiger partial charge is 0.251 e. The first kappa shape index (κ1) is 14.2. The Bertz CT molecular complexity index is 416. The largest absolute Gasteiger partial charge is 0.366 e. The van der Waals surface area contributed by atoms with E-state index in [1.165, 1.54) is 18.9 Å². The molecule has 0 aliphatic carbocycles. The lowest BCUT2D eigenvalue weighted by Gasteiger charge is -2.05. The summed E-state index contributed by atoms with van der Waals surface area (Å²) in [4.78, 5) is 22.8. The topological polar surface area (TPSA) is 72.2 Å². The first-order chi connectivity index (χ1) is 8.65. The molecule has 1 aromatic carbocycles. The number of hydrogen-bond donors (Lipinski definition) is 2. The van der Waals surface area contributed by atoms with Crippen molar-refractivity contribution in [3.8, 4) is 0 Å². The van der Waals surface area contributed by atoms with Crippen molar-refractivity contribution in [1.82, 2.24) is 5.32 Å². The number of carbonyl (C=O) groups is 2. The highest BCUT2D eigenvalue weighted by Gasteiger charge is 2.07. The first-order valence-electron chi connectivity index (χ1n) is 6.33. The summed E-state index contributed by atoms with van der Waals surface area (Å²) in [6.07, 6.45) is 4.47. The molecule has 1 aromatic rings. The Kier molecular flexibility index (Phi) is 5.91. The van der Waals surface area contributed by atoms with Gasteiger partial charge in [-0.05, 0) is 24.6 Å². The van der Waals surface area contributed by atoms with Crippen LogP contribution < -0.4 is 11.1 Å². The molecule has 0 heterocycles. The van der Waals surface area contributed by atoms with Crippen LogP contribution in [-0.2, 0) is 0 Å².